The fourth-order valence-electron chi connectivity index (χ4n) is 2.00. The van der Waals surface area contributed by atoms with Gasteiger partial charge in [0.25, 0.3) is 5.91 Å². The van der Waals surface area contributed by atoms with E-state index in [1.165, 1.54) is 0 Å². The summed E-state index contributed by atoms with van der Waals surface area (Å²) in [5, 5.41) is 3.11. The number of amides is 1. The molecule has 1 amide bonds. The largest absolute Gasteiger partial charge is 0.375 e. The van der Waals surface area contributed by atoms with Gasteiger partial charge in [-0.1, -0.05) is 6.07 Å². The second kappa shape index (κ2) is 5.82. The van der Waals surface area contributed by atoms with Gasteiger partial charge in [-0.05, 0) is 26.0 Å². The number of anilines is 1. The molecule has 1 unspecified atom stereocenters. The molecule has 0 aromatic carbocycles. The van der Waals surface area contributed by atoms with Crippen LogP contribution in [0.4, 0.5) is 5.82 Å². The summed E-state index contributed by atoms with van der Waals surface area (Å²) in [6.45, 7) is 6.63. The minimum Gasteiger partial charge on any atom is -0.375 e. The molecule has 2 rings (SSSR count). The maximum atomic E-state index is 12.3. The number of ether oxygens (including phenoxy) is 1. The summed E-state index contributed by atoms with van der Waals surface area (Å²) in [4.78, 5) is 18.4. The molecule has 0 spiro atoms. The molecule has 2 heterocycles. The summed E-state index contributed by atoms with van der Waals surface area (Å²) >= 11 is 0. The highest BCUT2D eigenvalue weighted by atomic mass is 16.5. The van der Waals surface area contributed by atoms with Crippen molar-refractivity contribution in [3.05, 3.63) is 23.9 Å². The summed E-state index contributed by atoms with van der Waals surface area (Å²) < 4.78 is 5.43. The molecular formula is C13H19N3O2. The lowest BCUT2D eigenvalue weighted by molar-refractivity contribution is -0.0126. The Morgan fingerprint density at radius 3 is 3.17 bits per heavy atom. The second-order valence-electron chi connectivity index (χ2n) is 4.37. The van der Waals surface area contributed by atoms with Gasteiger partial charge in [0.05, 0.1) is 12.7 Å². The molecule has 1 aromatic rings. The molecule has 1 N–H and O–H groups in total. The third-order valence-electron chi connectivity index (χ3n) is 2.85. The van der Waals surface area contributed by atoms with Gasteiger partial charge in [-0.2, -0.15) is 0 Å². The molecule has 1 aromatic heterocycles. The number of morpholine rings is 1. The van der Waals surface area contributed by atoms with Crippen molar-refractivity contribution in [1.29, 1.82) is 0 Å². The van der Waals surface area contributed by atoms with Crippen LogP contribution in [0.15, 0.2) is 18.2 Å². The van der Waals surface area contributed by atoms with Gasteiger partial charge in [-0.3, -0.25) is 4.79 Å². The van der Waals surface area contributed by atoms with Crippen LogP contribution in [0.2, 0.25) is 0 Å². The molecule has 0 aliphatic carbocycles. The monoisotopic (exact) mass is 249 g/mol. The van der Waals surface area contributed by atoms with E-state index in [0.717, 1.165) is 12.4 Å². The van der Waals surface area contributed by atoms with E-state index in [0.29, 0.717) is 25.4 Å². The van der Waals surface area contributed by atoms with E-state index < -0.39 is 0 Å². The number of carbonyl (C=O) groups is 1. The number of rotatable bonds is 3. The van der Waals surface area contributed by atoms with E-state index in [2.05, 4.69) is 10.3 Å². The summed E-state index contributed by atoms with van der Waals surface area (Å²) in [7, 11) is 0. The zero-order valence-electron chi connectivity index (χ0n) is 10.8. The van der Waals surface area contributed by atoms with E-state index in [4.69, 9.17) is 4.74 Å². The SMILES string of the molecule is CCNc1cccc(C(=O)N2CCOC(C)C2)n1. The normalized spacial score (nSPS) is 19.7. The fraction of sp³-hybridized carbons (Fsp3) is 0.538. The van der Waals surface area contributed by atoms with Gasteiger partial charge >= 0.3 is 0 Å². The van der Waals surface area contributed by atoms with E-state index in [9.17, 15) is 4.79 Å². The van der Waals surface area contributed by atoms with Crippen LogP contribution in [0.1, 0.15) is 24.3 Å². The number of nitrogens with zero attached hydrogens (tertiary/aromatic N) is 2. The lowest BCUT2D eigenvalue weighted by atomic mass is 10.2. The predicted octanol–water partition coefficient (Wildman–Crippen LogP) is 1.37. The molecular weight excluding hydrogens is 230 g/mol. The van der Waals surface area contributed by atoms with Crippen molar-refractivity contribution in [2.75, 3.05) is 31.6 Å². The molecule has 0 saturated carbocycles. The quantitative estimate of drug-likeness (QED) is 0.879. The van der Waals surface area contributed by atoms with Gasteiger partial charge in [-0.25, -0.2) is 4.98 Å². The third kappa shape index (κ3) is 2.98. The van der Waals surface area contributed by atoms with E-state index in [1.54, 1.807) is 11.0 Å². The van der Waals surface area contributed by atoms with Crippen molar-refractivity contribution in [1.82, 2.24) is 9.88 Å². The Morgan fingerprint density at radius 1 is 1.61 bits per heavy atom. The van der Waals surface area contributed by atoms with Gasteiger partial charge in [0.15, 0.2) is 0 Å². The summed E-state index contributed by atoms with van der Waals surface area (Å²) in [6, 6.07) is 5.47. The highest BCUT2D eigenvalue weighted by Gasteiger charge is 2.23. The average molecular weight is 249 g/mol. The van der Waals surface area contributed by atoms with Crippen molar-refractivity contribution in [2.45, 2.75) is 20.0 Å². The number of hydrogen-bond donors (Lipinski definition) is 1. The first kappa shape index (κ1) is 12.8. The van der Waals surface area contributed by atoms with Crippen LogP contribution >= 0.6 is 0 Å². The Labute approximate surface area is 107 Å². The van der Waals surface area contributed by atoms with Gasteiger partial charge in [0.1, 0.15) is 11.5 Å². The van der Waals surface area contributed by atoms with Crippen molar-refractivity contribution in [3.63, 3.8) is 0 Å². The Kier molecular flexibility index (Phi) is 4.15. The molecule has 5 heteroatoms. The molecule has 5 nitrogen and oxygen atoms in total. The summed E-state index contributed by atoms with van der Waals surface area (Å²) in [5.41, 5.74) is 0.488. The molecule has 0 radical (unpaired) electrons. The minimum atomic E-state index is -0.0232. The van der Waals surface area contributed by atoms with Crippen LogP contribution in [0.25, 0.3) is 0 Å². The number of carbonyl (C=O) groups excluding carboxylic acids is 1. The highest BCUT2D eigenvalue weighted by molar-refractivity contribution is 5.92. The van der Waals surface area contributed by atoms with Gasteiger partial charge < -0.3 is 15.0 Å². The summed E-state index contributed by atoms with van der Waals surface area (Å²) in [6.07, 6.45) is 0.0969. The average Bonchev–Trinajstić information content (AvgIpc) is 2.39. The van der Waals surface area contributed by atoms with Crippen LogP contribution in [0.5, 0.6) is 0 Å². The minimum absolute atomic E-state index is 0.0232. The number of pyridine rings is 1. The molecule has 1 fully saturated rings. The topological polar surface area (TPSA) is 54.5 Å². The van der Waals surface area contributed by atoms with Gasteiger partial charge in [0.2, 0.25) is 0 Å². The first-order chi connectivity index (χ1) is 8.70. The second-order valence-corrected chi connectivity index (χ2v) is 4.37. The predicted molar refractivity (Wildman–Crippen MR) is 69.7 cm³/mol. The first-order valence-electron chi connectivity index (χ1n) is 6.32. The van der Waals surface area contributed by atoms with E-state index >= 15 is 0 Å². The molecule has 1 aliphatic rings. The number of aromatic nitrogens is 1. The Bertz CT molecular complexity index is 422. The number of nitrogens with one attached hydrogen (secondary N) is 1. The maximum absolute atomic E-state index is 12.3. The van der Waals surface area contributed by atoms with Crippen molar-refractivity contribution >= 4 is 11.7 Å². The van der Waals surface area contributed by atoms with Crippen molar-refractivity contribution in [2.24, 2.45) is 0 Å². The van der Waals surface area contributed by atoms with Crippen LogP contribution in [-0.2, 0) is 4.74 Å². The van der Waals surface area contributed by atoms with Gasteiger partial charge in [0, 0.05) is 19.6 Å². The Hall–Kier alpha value is -1.62. The zero-order chi connectivity index (χ0) is 13.0. The first-order valence-corrected chi connectivity index (χ1v) is 6.32. The molecule has 1 saturated heterocycles. The third-order valence-corrected chi connectivity index (χ3v) is 2.85. The molecule has 18 heavy (non-hydrogen) atoms. The van der Waals surface area contributed by atoms with Crippen molar-refractivity contribution in [3.8, 4) is 0 Å². The summed E-state index contributed by atoms with van der Waals surface area (Å²) in [5.74, 6) is 0.717. The lowest BCUT2D eigenvalue weighted by Crippen LogP contribution is -2.44. The van der Waals surface area contributed by atoms with Crippen LogP contribution in [0.3, 0.4) is 0 Å². The van der Waals surface area contributed by atoms with Crippen LogP contribution in [-0.4, -0.2) is 48.1 Å². The molecule has 1 aliphatic heterocycles. The molecule has 1 atom stereocenters. The Morgan fingerprint density at radius 2 is 2.44 bits per heavy atom. The van der Waals surface area contributed by atoms with Crippen LogP contribution in [0, 0.1) is 0 Å². The lowest BCUT2D eigenvalue weighted by Gasteiger charge is -2.30. The standard InChI is InChI=1S/C13H19N3O2/c1-3-14-12-6-4-5-11(15-12)13(17)16-7-8-18-10(2)9-16/h4-6,10H,3,7-9H2,1-2H3,(H,14,15). The Balaban J connectivity index is 2.10. The van der Waals surface area contributed by atoms with Gasteiger partial charge in [-0.15, -0.1) is 0 Å². The highest BCUT2D eigenvalue weighted by Crippen LogP contribution is 2.11. The van der Waals surface area contributed by atoms with Crippen LogP contribution < -0.4 is 5.32 Å². The fourth-order valence-corrected chi connectivity index (χ4v) is 2.00. The maximum Gasteiger partial charge on any atom is 0.272 e. The zero-order valence-corrected chi connectivity index (χ0v) is 10.8. The van der Waals surface area contributed by atoms with E-state index in [-0.39, 0.29) is 12.0 Å². The molecule has 0 bridgehead atoms. The van der Waals surface area contributed by atoms with E-state index in [1.807, 2.05) is 26.0 Å². The number of hydrogen-bond acceptors (Lipinski definition) is 4. The van der Waals surface area contributed by atoms with Crippen molar-refractivity contribution < 1.29 is 9.53 Å². The molecule has 98 valence electrons. The smallest absolute Gasteiger partial charge is 0.272 e.